The fourth-order valence-electron chi connectivity index (χ4n) is 0.861. The number of carbonyl (C=O) groups excluding carboxylic acids is 1. The normalized spacial score (nSPS) is 12.1. The summed E-state index contributed by atoms with van der Waals surface area (Å²) in [6.07, 6.45) is -0.867. The van der Waals surface area contributed by atoms with E-state index in [1.807, 2.05) is 0 Å². The van der Waals surface area contributed by atoms with Crippen LogP contribution in [0.15, 0.2) is 18.2 Å². The number of nitrogen functional groups attached to an aromatic ring is 1. The minimum absolute atomic E-state index is 0.0366. The molecule has 0 saturated carbocycles. The van der Waals surface area contributed by atoms with Crippen LogP contribution in [-0.2, 0) is 4.79 Å². The van der Waals surface area contributed by atoms with Gasteiger partial charge in [0.2, 0.25) is 0 Å². The Kier molecular flexibility index (Phi) is 2.91. The maximum atomic E-state index is 13.1. The number of halogens is 1. The topological polar surface area (TPSA) is 78.3 Å². The first kappa shape index (κ1) is 10.3. The molecular formula is C9H11FN2O2. The highest BCUT2D eigenvalue weighted by molar-refractivity contribution is 5.78. The molecule has 1 unspecified atom stereocenters. The van der Waals surface area contributed by atoms with E-state index in [0.717, 1.165) is 6.07 Å². The summed E-state index contributed by atoms with van der Waals surface area (Å²) in [7, 11) is 0. The van der Waals surface area contributed by atoms with E-state index in [0.29, 0.717) is 5.69 Å². The largest absolute Gasteiger partial charge is 0.478 e. The second-order valence-electron chi connectivity index (χ2n) is 2.85. The second kappa shape index (κ2) is 3.95. The van der Waals surface area contributed by atoms with E-state index in [1.54, 1.807) is 0 Å². The summed E-state index contributed by atoms with van der Waals surface area (Å²) in [5.41, 5.74) is 10.6. The van der Waals surface area contributed by atoms with E-state index in [1.165, 1.54) is 19.1 Å². The van der Waals surface area contributed by atoms with Crippen LogP contribution in [0.1, 0.15) is 6.92 Å². The van der Waals surface area contributed by atoms with Crippen molar-refractivity contribution in [3.63, 3.8) is 0 Å². The molecule has 0 saturated heterocycles. The lowest BCUT2D eigenvalue weighted by molar-refractivity contribution is -0.124. The molecule has 4 nitrogen and oxygen atoms in total. The highest BCUT2D eigenvalue weighted by atomic mass is 19.1. The van der Waals surface area contributed by atoms with Gasteiger partial charge in [0.1, 0.15) is 0 Å². The van der Waals surface area contributed by atoms with Gasteiger partial charge < -0.3 is 16.2 Å². The van der Waals surface area contributed by atoms with Crippen molar-refractivity contribution in [2.75, 3.05) is 5.73 Å². The molecule has 0 aliphatic heterocycles. The molecule has 4 N–H and O–H groups in total. The van der Waals surface area contributed by atoms with Crippen molar-refractivity contribution in [2.24, 2.45) is 5.73 Å². The molecule has 76 valence electrons. The standard InChI is InChI=1S/C9H11FN2O2/c1-5(9(12)13)14-8-3-2-6(11)4-7(8)10/h2-5H,11H2,1H3,(H2,12,13). The summed E-state index contributed by atoms with van der Waals surface area (Å²) in [5, 5.41) is 0. The van der Waals surface area contributed by atoms with Crippen LogP contribution in [0, 0.1) is 5.82 Å². The Hall–Kier alpha value is -1.78. The highest BCUT2D eigenvalue weighted by Gasteiger charge is 2.12. The molecule has 14 heavy (non-hydrogen) atoms. The van der Waals surface area contributed by atoms with E-state index in [9.17, 15) is 9.18 Å². The van der Waals surface area contributed by atoms with Gasteiger partial charge in [-0.15, -0.1) is 0 Å². The molecule has 0 radical (unpaired) electrons. The van der Waals surface area contributed by atoms with E-state index in [4.69, 9.17) is 16.2 Å². The first-order chi connectivity index (χ1) is 6.50. The number of primary amides is 1. The molecule has 1 aromatic carbocycles. The van der Waals surface area contributed by atoms with Crippen LogP contribution in [0.3, 0.4) is 0 Å². The van der Waals surface area contributed by atoms with Crippen LogP contribution < -0.4 is 16.2 Å². The summed E-state index contributed by atoms with van der Waals surface area (Å²) in [6, 6.07) is 3.94. The summed E-state index contributed by atoms with van der Waals surface area (Å²) in [5.74, 6) is -1.30. The van der Waals surface area contributed by atoms with E-state index >= 15 is 0 Å². The van der Waals surface area contributed by atoms with E-state index < -0.39 is 17.8 Å². The fourth-order valence-corrected chi connectivity index (χ4v) is 0.861. The number of amides is 1. The van der Waals surface area contributed by atoms with E-state index in [-0.39, 0.29) is 5.75 Å². The maximum absolute atomic E-state index is 13.1. The third-order valence-corrected chi connectivity index (χ3v) is 1.66. The molecule has 0 spiro atoms. The molecule has 0 bridgehead atoms. The molecule has 1 atom stereocenters. The van der Waals surface area contributed by atoms with Crippen molar-refractivity contribution in [2.45, 2.75) is 13.0 Å². The smallest absolute Gasteiger partial charge is 0.258 e. The summed E-state index contributed by atoms with van der Waals surface area (Å²) in [4.78, 5) is 10.6. The Labute approximate surface area is 80.6 Å². The lowest BCUT2D eigenvalue weighted by atomic mass is 10.3. The Morgan fingerprint density at radius 1 is 1.57 bits per heavy atom. The third kappa shape index (κ3) is 2.35. The number of hydrogen-bond donors (Lipinski definition) is 2. The summed E-state index contributed by atoms with van der Waals surface area (Å²) in [6.45, 7) is 1.44. The molecule has 0 aliphatic carbocycles. The van der Waals surface area contributed by atoms with Gasteiger partial charge in [-0.05, 0) is 19.1 Å². The van der Waals surface area contributed by atoms with Crippen LogP contribution in [-0.4, -0.2) is 12.0 Å². The van der Waals surface area contributed by atoms with E-state index in [2.05, 4.69) is 0 Å². The predicted octanol–water partition coefficient (Wildman–Crippen LogP) is 0.661. The van der Waals surface area contributed by atoms with Crippen molar-refractivity contribution < 1.29 is 13.9 Å². The van der Waals surface area contributed by atoms with Crippen molar-refractivity contribution >= 4 is 11.6 Å². The van der Waals surface area contributed by atoms with Crippen LogP contribution in [0.4, 0.5) is 10.1 Å². The van der Waals surface area contributed by atoms with Gasteiger partial charge in [-0.2, -0.15) is 0 Å². The number of benzene rings is 1. The quantitative estimate of drug-likeness (QED) is 0.700. The maximum Gasteiger partial charge on any atom is 0.258 e. The average Bonchev–Trinajstić information content (AvgIpc) is 2.09. The lowest BCUT2D eigenvalue weighted by Crippen LogP contribution is -2.30. The molecule has 0 fully saturated rings. The molecule has 1 amide bonds. The van der Waals surface area contributed by atoms with Gasteiger partial charge in [-0.3, -0.25) is 4.79 Å². The zero-order valence-electron chi connectivity index (χ0n) is 7.66. The fraction of sp³-hybridized carbons (Fsp3) is 0.222. The van der Waals surface area contributed by atoms with Crippen molar-refractivity contribution in [3.8, 4) is 5.75 Å². The van der Waals surface area contributed by atoms with Gasteiger partial charge in [0.15, 0.2) is 17.7 Å². The zero-order chi connectivity index (χ0) is 10.7. The van der Waals surface area contributed by atoms with Crippen molar-refractivity contribution in [1.82, 2.24) is 0 Å². The molecule has 0 heterocycles. The number of carbonyl (C=O) groups is 1. The Morgan fingerprint density at radius 3 is 2.71 bits per heavy atom. The number of rotatable bonds is 3. The second-order valence-corrected chi connectivity index (χ2v) is 2.85. The average molecular weight is 198 g/mol. The molecule has 0 aromatic heterocycles. The predicted molar refractivity (Wildman–Crippen MR) is 50.1 cm³/mol. The molecule has 0 aliphatic rings. The number of nitrogens with two attached hydrogens (primary N) is 2. The van der Waals surface area contributed by atoms with Gasteiger partial charge in [0.05, 0.1) is 0 Å². The van der Waals surface area contributed by atoms with Crippen LogP contribution in [0.5, 0.6) is 5.75 Å². The molecule has 5 heteroatoms. The Morgan fingerprint density at radius 2 is 2.21 bits per heavy atom. The first-order valence-electron chi connectivity index (χ1n) is 4.01. The molecule has 1 rings (SSSR count). The Bertz CT molecular complexity index is 355. The third-order valence-electron chi connectivity index (χ3n) is 1.66. The SMILES string of the molecule is CC(Oc1ccc(N)cc1F)C(N)=O. The van der Waals surface area contributed by atoms with Gasteiger partial charge >= 0.3 is 0 Å². The minimum Gasteiger partial charge on any atom is -0.478 e. The lowest BCUT2D eigenvalue weighted by Gasteiger charge is -2.11. The summed E-state index contributed by atoms with van der Waals surface area (Å²) >= 11 is 0. The molecule has 1 aromatic rings. The highest BCUT2D eigenvalue weighted by Crippen LogP contribution is 2.20. The molecular weight excluding hydrogens is 187 g/mol. The minimum atomic E-state index is -0.867. The first-order valence-corrected chi connectivity index (χ1v) is 4.01. The number of hydrogen-bond acceptors (Lipinski definition) is 3. The van der Waals surface area contributed by atoms with Crippen LogP contribution in [0.25, 0.3) is 0 Å². The number of anilines is 1. The van der Waals surface area contributed by atoms with Crippen LogP contribution >= 0.6 is 0 Å². The number of ether oxygens (including phenoxy) is 1. The zero-order valence-corrected chi connectivity index (χ0v) is 7.66. The monoisotopic (exact) mass is 198 g/mol. The van der Waals surface area contributed by atoms with Gasteiger partial charge in [0.25, 0.3) is 5.91 Å². The van der Waals surface area contributed by atoms with Crippen molar-refractivity contribution in [1.29, 1.82) is 0 Å². The van der Waals surface area contributed by atoms with Gasteiger partial charge in [-0.25, -0.2) is 4.39 Å². The van der Waals surface area contributed by atoms with Crippen LogP contribution in [0.2, 0.25) is 0 Å². The van der Waals surface area contributed by atoms with Crippen molar-refractivity contribution in [3.05, 3.63) is 24.0 Å². The van der Waals surface area contributed by atoms with Gasteiger partial charge in [0, 0.05) is 11.8 Å². The van der Waals surface area contributed by atoms with Gasteiger partial charge in [-0.1, -0.05) is 0 Å². The summed E-state index contributed by atoms with van der Waals surface area (Å²) < 4.78 is 18.1. The Balaban J connectivity index is 2.82.